The highest BCUT2D eigenvalue weighted by Gasteiger charge is 2.39. The van der Waals surface area contributed by atoms with Gasteiger partial charge in [0.15, 0.2) is 23.9 Å². The van der Waals surface area contributed by atoms with Gasteiger partial charge < -0.3 is 45.6 Å². The third-order valence-electron chi connectivity index (χ3n) is 10.2. The number of benzene rings is 2. The number of rotatable bonds is 13. The summed E-state index contributed by atoms with van der Waals surface area (Å²) in [5.74, 6) is -2.79. The molecule has 310 valence electrons. The zero-order chi connectivity index (χ0) is 41.9. The minimum absolute atomic E-state index is 0.0231. The molecule has 2 aromatic heterocycles. The van der Waals surface area contributed by atoms with E-state index < -0.39 is 35.1 Å². The summed E-state index contributed by atoms with van der Waals surface area (Å²) >= 11 is 6.51. The normalized spacial score (nSPS) is 15.2. The maximum Gasteiger partial charge on any atom is 0.435 e. The van der Waals surface area contributed by atoms with Crippen molar-refractivity contribution < 1.29 is 46.7 Å². The lowest BCUT2D eigenvalue weighted by Gasteiger charge is -2.38. The smallest absolute Gasteiger partial charge is 0.435 e. The Kier molecular flexibility index (Phi) is 12.6. The van der Waals surface area contributed by atoms with Crippen LogP contribution in [0, 0.1) is 11.7 Å². The fraction of sp³-hybridized carbons (Fsp3) is 0.405. The number of carboxylic acids is 1. The molecule has 2 saturated heterocycles. The number of imidazole rings is 1. The average Bonchev–Trinajstić information content (AvgIpc) is 3.76. The number of quaternary nitrogens is 1. The first-order chi connectivity index (χ1) is 27.5. The van der Waals surface area contributed by atoms with Crippen molar-refractivity contribution in [3.8, 4) is 16.9 Å². The van der Waals surface area contributed by atoms with Gasteiger partial charge in [0.25, 0.3) is 11.8 Å². The van der Waals surface area contributed by atoms with Gasteiger partial charge in [-0.25, -0.2) is 23.6 Å². The molecule has 2 aromatic carbocycles. The Morgan fingerprint density at radius 3 is 2.40 bits per heavy atom. The van der Waals surface area contributed by atoms with E-state index in [0.717, 1.165) is 45.7 Å². The minimum Gasteiger partial charge on any atom is -0.477 e. The number of nitrogens with two attached hydrogens (primary N) is 1. The molecule has 4 amide bonds. The van der Waals surface area contributed by atoms with Crippen LogP contribution in [0.4, 0.5) is 33.7 Å². The second-order valence-electron chi connectivity index (χ2n) is 14.2. The number of carbonyl (C=O) groups excluding carboxylic acids is 3. The molecule has 6 rings (SSSR count). The number of alkyl halides is 3. The summed E-state index contributed by atoms with van der Waals surface area (Å²) in [5, 5.41) is 18.8. The molecule has 2 fully saturated rings. The van der Waals surface area contributed by atoms with Gasteiger partial charge in [-0.3, -0.25) is 9.59 Å². The molecule has 58 heavy (non-hydrogen) atoms. The quantitative estimate of drug-likeness (QED) is 0.0996. The molecule has 4 aromatic rings. The van der Waals surface area contributed by atoms with Gasteiger partial charge in [0.1, 0.15) is 5.69 Å². The number of anilines is 2. The molecule has 0 spiro atoms. The third kappa shape index (κ3) is 9.35. The summed E-state index contributed by atoms with van der Waals surface area (Å²) in [5.41, 5.74) is 3.83. The van der Waals surface area contributed by atoms with Crippen molar-refractivity contribution in [2.75, 3.05) is 83.0 Å². The number of urea groups is 1. The number of nitrogens with one attached hydrogen (secondary N) is 3. The Balaban J connectivity index is 1.07. The Morgan fingerprint density at radius 2 is 1.79 bits per heavy atom. The highest BCUT2D eigenvalue weighted by molar-refractivity contribution is 6.34. The number of halogens is 5. The van der Waals surface area contributed by atoms with Crippen LogP contribution in [0.2, 0.25) is 5.02 Å². The Bertz CT molecular complexity index is 2180. The number of carboxylic acid groups (broad SMARTS) is 1. The van der Waals surface area contributed by atoms with Gasteiger partial charge in [0, 0.05) is 76.4 Å². The largest absolute Gasteiger partial charge is 0.477 e. The monoisotopic (exact) mass is 832 g/mol. The van der Waals surface area contributed by atoms with Crippen molar-refractivity contribution in [2.24, 2.45) is 13.0 Å². The minimum atomic E-state index is -4.93. The van der Waals surface area contributed by atoms with Crippen molar-refractivity contribution >= 4 is 46.8 Å². The molecule has 6 N–H and O–H groups in total. The first kappa shape index (κ1) is 41.9. The number of carbonyl (C=O) groups is 4. The van der Waals surface area contributed by atoms with E-state index in [-0.39, 0.29) is 83.8 Å². The topological polar surface area (TPSA) is 188 Å². The zero-order valence-electron chi connectivity index (χ0n) is 31.7. The van der Waals surface area contributed by atoms with Crippen molar-refractivity contribution in [3.63, 3.8) is 0 Å². The molecule has 16 nitrogen and oxygen atoms in total. The Labute approximate surface area is 335 Å². The van der Waals surface area contributed by atoms with Gasteiger partial charge in [-0.15, -0.1) is 0 Å². The fourth-order valence-electron chi connectivity index (χ4n) is 6.96. The standard InChI is InChI=1S/C37H42ClF4N11O5/c1-3-50(9-8-49(21-31(54)55)19-22-16-44-17-22)36(58)52-12-10-51(11-13-52)35(57)25-6-5-24(15-27(25)38)46-34(56)33-45-18-30(48(33)2)26-20-53(47-32(26)37(40,41)42)29-7-4-23(43)14-28(29)39/h4-7,14-15,18,20,22,44H,3,8-13,16-17,19,21,43H2,1-2H3,(H,46,56)(H,54,55)/p+1. The number of likely N-dealkylation sites (N-methyl/N-ethyl adjacent to an activating group) is 1. The van der Waals surface area contributed by atoms with Crippen LogP contribution in [0.3, 0.4) is 0 Å². The number of nitrogens with zero attached hydrogens (tertiary/aromatic N) is 7. The Morgan fingerprint density at radius 1 is 1.09 bits per heavy atom. The molecular formula is C37H43ClF4N11O5+. The summed E-state index contributed by atoms with van der Waals surface area (Å²) in [7, 11) is 1.34. The maximum absolute atomic E-state index is 14.6. The van der Waals surface area contributed by atoms with Crippen LogP contribution in [0.1, 0.15) is 33.6 Å². The van der Waals surface area contributed by atoms with E-state index in [2.05, 4.69) is 20.7 Å². The van der Waals surface area contributed by atoms with Gasteiger partial charge in [0.2, 0.25) is 0 Å². The highest BCUT2D eigenvalue weighted by atomic mass is 35.5. The molecule has 2 aliphatic heterocycles. The van der Waals surface area contributed by atoms with E-state index in [9.17, 15) is 41.8 Å². The molecule has 0 radical (unpaired) electrons. The van der Waals surface area contributed by atoms with Gasteiger partial charge in [0.05, 0.1) is 47.7 Å². The number of nitrogen functional groups attached to an aromatic ring is 1. The predicted molar refractivity (Wildman–Crippen MR) is 204 cm³/mol. The summed E-state index contributed by atoms with van der Waals surface area (Å²) in [4.78, 5) is 61.5. The van der Waals surface area contributed by atoms with Gasteiger partial charge >= 0.3 is 18.2 Å². The summed E-state index contributed by atoms with van der Waals surface area (Å²) < 4.78 is 58.8. The lowest BCUT2D eigenvalue weighted by molar-refractivity contribution is -0.895. The molecule has 0 bridgehead atoms. The average molecular weight is 833 g/mol. The van der Waals surface area contributed by atoms with E-state index in [1.165, 1.54) is 37.4 Å². The van der Waals surface area contributed by atoms with Crippen LogP contribution in [-0.2, 0) is 18.0 Å². The summed E-state index contributed by atoms with van der Waals surface area (Å²) in [6.07, 6.45) is -2.88. The lowest BCUT2D eigenvalue weighted by Crippen LogP contribution is -3.14. The lowest BCUT2D eigenvalue weighted by atomic mass is 10.0. The van der Waals surface area contributed by atoms with Crippen molar-refractivity contribution in [1.29, 1.82) is 0 Å². The van der Waals surface area contributed by atoms with E-state index in [1.807, 2.05) is 6.92 Å². The van der Waals surface area contributed by atoms with Gasteiger partial charge in [-0.2, -0.15) is 18.3 Å². The number of hydrogen-bond donors (Lipinski definition) is 5. The number of hydrogen-bond acceptors (Lipinski definition) is 8. The van der Waals surface area contributed by atoms with E-state index in [1.54, 1.807) is 14.7 Å². The molecular weight excluding hydrogens is 790 g/mol. The highest BCUT2D eigenvalue weighted by Crippen LogP contribution is 2.37. The van der Waals surface area contributed by atoms with Gasteiger partial charge in [-0.05, 0) is 43.3 Å². The second-order valence-corrected chi connectivity index (χ2v) is 14.6. The number of piperazine rings is 1. The zero-order valence-corrected chi connectivity index (χ0v) is 32.4. The molecule has 1 unspecified atom stereocenters. The molecule has 0 aliphatic carbocycles. The van der Waals surface area contributed by atoms with Gasteiger partial charge in [-0.1, -0.05) is 11.6 Å². The van der Waals surface area contributed by atoms with Crippen LogP contribution >= 0.6 is 11.6 Å². The molecule has 0 saturated carbocycles. The number of aliphatic carboxylic acids is 1. The van der Waals surface area contributed by atoms with Crippen LogP contribution in [-0.4, -0.2) is 135 Å². The van der Waals surface area contributed by atoms with E-state index in [0.29, 0.717) is 32.1 Å². The van der Waals surface area contributed by atoms with Crippen molar-refractivity contribution in [3.05, 3.63) is 76.7 Å². The number of amides is 4. The number of aromatic nitrogens is 4. The molecule has 2 aliphatic rings. The first-order valence-corrected chi connectivity index (χ1v) is 18.9. The molecule has 1 atom stereocenters. The van der Waals surface area contributed by atoms with Crippen LogP contribution < -0.4 is 21.3 Å². The summed E-state index contributed by atoms with van der Waals surface area (Å²) in [6.45, 7) is 6.66. The second kappa shape index (κ2) is 17.4. The molecule has 4 heterocycles. The van der Waals surface area contributed by atoms with Crippen molar-refractivity contribution in [1.82, 2.24) is 39.3 Å². The maximum atomic E-state index is 14.6. The van der Waals surface area contributed by atoms with Crippen molar-refractivity contribution in [2.45, 2.75) is 13.1 Å². The third-order valence-corrected chi connectivity index (χ3v) is 10.5. The van der Waals surface area contributed by atoms with E-state index >= 15 is 0 Å². The van der Waals surface area contributed by atoms with E-state index in [4.69, 9.17) is 17.3 Å². The van der Waals surface area contributed by atoms with Crippen LogP contribution in [0.15, 0.2) is 48.8 Å². The Hall–Kier alpha value is -5.73. The summed E-state index contributed by atoms with van der Waals surface area (Å²) in [6, 6.07) is 7.53. The first-order valence-electron chi connectivity index (χ1n) is 18.5. The molecule has 21 heteroatoms. The SMILES string of the molecule is CCN(CC[NH+](CC(=O)O)CC1CNC1)C(=O)N1CCN(C(=O)c2ccc(NC(=O)c3ncc(-c4cn(-c5ccc(N)cc5F)nc4C(F)(F)F)n3C)cc2Cl)CC1. The fourth-order valence-corrected chi connectivity index (χ4v) is 7.22. The van der Waals surface area contributed by atoms with Crippen LogP contribution in [0.25, 0.3) is 16.9 Å². The van der Waals surface area contributed by atoms with Crippen LogP contribution in [0.5, 0.6) is 0 Å². The predicted octanol–water partition coefficient (Wildman–Crippen LogP) is 2.31.